The van der Waals surface area contributed by atoms with E-state index in [-0.39, 0.29) is 6.42 Å². The van der Waals surface area contributed by atoms with Crippen LogP contribution in [0.15, 0.2) is 48.5 Å². The molecule has 0 fully saturated rings. The van der Waals surface area contributed by atoms with Gasteiger partial charge in [0.15, 0.2) is 0 Å². The number of carboxylic acids is 1. The minimum absolute atomic E-state index is 0.335. The molecule has 0 aliphatic heterocycles. The van der Waals surface area contributed by atoms with E-state index in [4.69, 9.17) is 16.7 Å². The van der Waals surface area contributed by atoms with Gasteiger partial charge in [0.1, 0.15) is 0 Å². The van der Waals surface area contributed by atoms with Crippen LogP contribution in [-0.2, 0) is 10.4 Å². The maximum Gasteiger partial charge on any atom is 0.306 e. The summed E-state index contributed by atoms with van der Waals surface area (Å²) in [7, 11) is 0. The quantitative estimate of drug-likeness (QED) is 0.903. The highest BCUT2D eigenvalue weighted by atomic mass is 35.5. The summed E-state index contributed by atoms with van der Waals surface area (Å²) >= 11 is 6.13. The van der Waals surface area contributed by atoms with Gasteiger partial charge in [-0.3, -0.25) is 4.79 Å². The zero-order valence-corrected chi connectivity index (χ0v) is 11.8. The molecular formula is C16H15ClO3. The van der Waals surface area contributed by atoms with Crippen LogP contribution >= 0.6 is 11.6 Å². The molecule has 2 rings (SSSR count). The first kappa shape index (κ1) is 14.6. The summed E-state index contributed by atoms with van der Waals surface area (Å²) in [6.45, 7) is 1.49. The second-order valence-corrected chi connectivity index (χ2v) is 5.31. The Morgan fingerprint density at radius 1 is 1.15 bits per heavy atom. The van der Waals surface area contributed by atoms with Crippen LogP contribution in [0.3, 0.4) is 0 Å². The molecule has 0 aliphatic rings. The van der Waals surface area contributed by atoms with E-state index in [1.807, 2.05) is 36.4 Å². The van der Waals surface area contributed by atoms with Crippen molar-refractivity contribution in [2.24, 2.45) is 0 Å². The minimum atomic E-state index is -1.38. The Morgan fingerprint density at radius 3 is 2.30 bits per heavy atom. The Morgan fingerprint density at radius 2 is 1.75 bits per heavy atom. The van der Waals surface area contributed by atoms with Crippen molar-refractivity contribution in [1.29, 1.82) is 0 Å². The molecule has 0 bridgehead atoms. The summed E-state index contributed by atoms with van der Waals surface area (Å²) in [5, 5.41) is 19.6. The minimum Gasteiger partial charge on any atom is -0.481 e. The number of benzene rings is 2. The van der Waals surface area contributed by atoms with E-state index in [2.05, 4.69) is 0 Å². The smallest absolute Gasteiger partial charge is 0.306 e. The van der Waals surface area contributed by atoms with Crippen molar-refractivity contribution >= 4 is 17.6 Å². The van der Waals surface area contributed by atoms with Gasteiger partial charge in [-0.15, -0.1) is 0 Å². The topological polar surface area (TPSA) is 57.5 Å². The van der Waals surface area contributed by atoms with Crippen LogP contribution in [-0.4, -0.2) is 16.2 Å². The summed E-state index contributed by atoms with van der Waals surface area (Å²) in [6, 6.07) is 14.6. The van der Waals surface area contributed by atoms with Crippen molar-refractivity contribution in [1.82, 2.24) is 0 Å². The predicted octanol–water partition coefficient (Wildman–Crippen LogP) is 3.69. The molecular weight excluding hydrogens is 276 g/mol. The predicted molar refractivity (Wildman–Crippen MR) is 78.7 cm³/mol. The third-order valence-electron chi connectivity index (χ3n) is 3.19. The van der Waals surface area contributed by atoms with Gasteiger partial charge in [0, 0.05) is 10.6 Å². The van der Waals surface area contributed by atoms with Crippen molar-refractivity contribution in [3.63, 3.8) is 0 Å². The summed E-state index contributed by atoms with van der Waals surface area (Å²) < 4.78 is 0. The first-order valence-corrected chi connectivity index (χ1v) is 6.57. The maximum atomic E-state index is 10.7. The zero-order chi connectivity index (χ0) is 14.8. The molecule has 0 radical (unpaired) electrons. The van der Waals surface area contributed by atoms with E-state index < -0.39 is 11.6 Å². The zero-order valence-electron chi connectivity index (χ0n) is 11.0. The van der Waals surface area contributed by atoms with Gasteiger partial charge in [0.05, 0.1) is 12.0 Å². The van der Waals surface area contributed by atoms with Gasteiger partial charge in [-0.25, -0.2) is 0 Å². The average molecular weight is 291 g/mol. The number of aliphatic carboxylic acids is 1. The number of carboxylic acid groups (broad SMARTS) is 1. The van der Waals surface area contributed by atoms with Crippen molar-refractivity contribution < 1.29 is 15.0 Å². The van der Waals surface area contributed by atoms with E-state index in [1.165, 1.54) is 6.92 Å². The highest BCUT2D eigenvalue weighted by Crippen LogP contribution is 2.30. The molecule has 2 aromatic carbocycles. The van der Waals surface area contributed by atoms with E-state index in [1.54, 1.807) is 12.1 Å². The summed E-state index contributed by atoms with van der Waals surface area (Å²) in [5.41, 5.74) is 1.00. The molecule has 0 aromatic heterocycles. The van der Waals surface area contributed by atoms with E-state index in [9.17, 15) is 9.90 Å². The second-order valence-electron chi connectivity index (χ2n) is 4.90. The molecule has 104 valence electrons. The summed E-state index contributed by atoms with van der Waals surface area (Å²) in [5.74, 6) is -1.04. The van der Waals surface area contributed by atoms with E-state index in [0.717, 1.165) is 11.1 Å². The van der Waals surface area contributed by atoms with Crippen LogP contribution < -0.4 is 0 Å². The van der Waals surface area contributed by atoms with Crippen LogP contribution in [0, 0.1) is 0 Å². The molecule has 20 heavy (non-hydrogen) atoms. The van der Waals surface area contributed by atoms with Gasteiger partial charge in [-0.05, 0) is 24.1 Å². The first-order valence-electron chi connectivity index (χ1n) is 6.20. The molecule has 1 atom stereocenters. The van der Waals surface area contributed by atoms with Crippen LogP contribution in [0.25, 0.3) is 11.1 Å². The Bertz CT molecular complexity index is 618. The van der Waals surface area contributed by atoms with Crippen molar-refractivity contribution in [2.45, 2.75) is 18.9 Å². The number of halogens is 1. The number of hydrogen-bond donors (Lipinski definition) is 2. The molecule has 0 saturated heterocycles. The van der Waals surface area contributed by atoms with Crippen LogP contribution in [0.4, 0.5) is 0 Å². The maximum absolute atomic E-state index is 10.7. The SMILES string of the molecule is CC(O)(CC(=O)O)c1ccc(-c2ccccc2Cl)cc1. The molecule has 3 nitrogen and oxygen atoms in total. The molecule has 0 spiro atoms. The van der Waals surface area contributed by atoms with Gasteiger partial charge in [0.25, 0.3) is 0 Å². The standard InChI is InChI=1S/C16H15ClO3/c1-16(20,10-15(18)19)12-8-6-11(7-9-12)13-4-2-3-5-14(13)17/h2-9,20H,10H2,1H3,(H,18,19). The number of rotatable bonds is 4. The lowest BCUT2D eigenvalue weighted by Gasteiger charge is -2.22. The van der Waals surface area contributed by atoms with Gasteiger partial charge in [-0.2, -0.15) is 0 Å². The van der Waals surface area contributed by atoms with Gasteiger partial charge < -0.3 is 10.2 Å². The Balaban J connectivity index is 2.31. The van der Waals surface area contributed by atoms with Crippen molar-refractivity contribution in [3.05, 3.63) is 59.1 Å². The second kappa shape index (κ2) is 5.65. The van der Waals surface area contributed by atoms with E-state index in [0.29, 0.717) is 10.6 Å². The van der Waals surface area contributed by atoms with Gasteiger partial charge in [0.2, 0.25) is 0 Å². The van der Waals surface area contributed by atoms with Crippen molar-refractivity contribution in [3.8, 4) is 11.1 Å². The lowest BCUT2D eigenvalue weighted by Crippen LogP contribution is -2.24. The Labute approximate surface area is 122 Å². The molecule has 1 unspecified atom stereocenters. The fourth-order valence-corrected chi connectivity index (χ4v) is 2.35. The van der Waals surface area contributed by atoms with Crippen LogP contribution in [0.1, 0.15) is 18.9 Å². The normalized spacial score (nSPS) is 13.8. The third kappa shape index (κ3) is 3.18. The van der Waals surface area contributed by atoms with Crippen molar-refractivity contribution in [2.75, 3.05) is 0 Å². The molecule has 0 aliphatic carbocycles. The van der Waals surface area contributed by atoms with Gasteiger partial charge in [-0.1, -0.05) is 54.1 Å². The summed E-state index contributed by atoms with van der Waals surface area (Å²) in [4.78, 5) is 10.7. The molecule has 2 aromatic rings. The highest BCUT2D eigenvalue weighted by Gasteiger charge is 2.26. The number of hydrogen-bond acceptors (Lipinski definition) is 2. The lowest BCUT2D eigenvalue weighted by atomic mass is 9.91. The molecule has 2 N–H and O–H groups in total. The van der Waals surface area contributed by atoms with E-state index >= 15 is 0 Å². The highest BCUT2D eigenvalue weighted by molar-refractivity contribution is 6.33. The van der Waals surface area contributed by atoms with Gasteiger partial charge >= 0.3 is 5.97 Å². The van der Waals surface area contributed by atoms with Crippen LogP contribution in [0.5, 0.6) is 0 Å². The molecule has 0 saturated carbocycles. The fraction of sp³-hybridized carbons (Fsp3) is 0.188. The molecule has 0 amide bonds. The Hall–Kier alpha value is -1.84. The third-order valence-corrected chi connectivity index (χ3v) is 3.52. The Kier molecular flexibility index (Phi) is 4.12. The monoisotopic (exact) mass is 290 g/mol. The number of aliphatic hydroxyl groups is 1. The van der Waals surface area contributed by atoms with Crippen LogP contribution in [0.2, 0.25) is 5.02 Å². The summed E-state index contributed by atoms with van der Waals surface area (Å²) in [6.07, 6.45) is -0.335. The first-order chi connectivity index (χ1) is 9.40. The number of carbonyl (C=O) groups is 1. The largest absolute Gasteiger partial charge is 0.481 e. The molecule has 4 heteroatoms. The average Bonchev–Trinajstić information content (AvgIpc) is 2.38. The fourth-order valence-electron chi connectivity index (χ4n) is 2.10. The lowest BCUT2D eigenvalue weighted by molar-refractivity contribution is -0.142. The molecule has 0 heterocycles.